The maximum absolute atomic E-state index is 12.5. The number of rotatable bonds is 7. The fraction of sp³-hybridized carbons (Fsp3) is 0.632. The first-order valence-corrected chi connectivity index (χ1v) is 8.96. The molecule has 0 N–H and O–H groups in total. The van der Waals surface area contributed by atoms with E-state index in [1.807, 2.05) is 30.3 Å². The Hall–Kier alpha value is -1.39. The maximum Gasteiger partial charge on any atom is 0.225 e. The number of nitrogens with zero attached hydrogens (tertiary/aromatic N) is 2. The van der Waals surface area contributed by atoms with Crippen LogP contribution in [0.5, 0.6) is 0 Å². The molecule has 0 aromatic heterocycles. The first-order chi connectivity index (χ1) is 11.3. The third-order valence-corrected chi connectivity index (χ3v) is 4.94. The normalized spacial score (nSPS) is 21.9. The van der Waals surface area contributed by atoms with E-state index < -0.39 is 0 Å². The average molecular weight is 316 g/mol. The molecular formula is C19H28N2O2. The van der Waals surface area contributed by atoms with Crippen LogP contribution in [0.4, 0.5) is 0 Å². The molecule has 1 amide bonds. The van der Waals surface area contributed by atoms with Gasteiger partial charge in [0.25, 0.3) is 0 Å². The molecule has 1 aromatic carbocycles. The van der Waals surface area contributed by atoms with Crippen LogP contribution < -0.4 is 0 Å². The predicted molar refractivity (Wildman–Crippen MR) is 91.1 cm³/mol. The highest BCUT2D eigenvalue weighted by Crippen LogP contribution is 2.21. The SMILES string of the molecule is O=C(CCOCc1ccccc1)N1CCC[C@@H]1CN1CCCC1. The van der Waals surface area contributed by atoms with Crippen LogP contribution in [0.1, 0.15) is 37.7 Å². The summed E-state index contributed by atoms with van der Waals surface area (Å²) >= 11 is 0. The standard InChI is InChI=1S/C19H28N2O2/c22-19(10-14-23-16-17-7-2-1-3-8-17)21-13-6-9-18(21)15-20-11-4-5-12-20/h1-3,7-8,18H,4-6,9-16H2/t18-/m1/s1. The van der Waals surface area contributed by atoms with Gasteiger partial charge < -0.3 is 14.5 Å². The van der Waals surface area contributed by atoms with E-state index in [1.54, 1.807) is 0 Å². The van der Waals surface area contributed by atoms with Crippen LogP contribution in [-0.2, 0) is 16.1 Å². The number of likely N-dealkylation sites (tertiary alicyclic amines) is 2. The Morgan fingerprint density at radius 1 is 1.09 bits per heavy atom. The first-order valence-electron chi connectivity index (χ1n) is 8.96. The van der Waals surface area contributed by atoms with Crippen molar-refractivity contribution in [3.8, 4) is 0 Å². The number of hydrogen-bond acceptors (Lipinski definition) is 3. The van der Waals surface area contributed by atoms with Crippen LogP contribution in [0.15, 0.2) is 30.3 Å². The largest absolute Gasteiger partial charge is 0.376 e. The molecule has 0 bridgehead atoms. The molecule has 4 nitrogen and oxygen atoms in total. The van der Waals surface area contributed by atoms with Gasteiger partial charge in [0.2, 0.25) is 5.91 Å². The summed E-state index contributed by atoms with van der Waals surface area (Å²) in [6.07, 6.45) is 5.44. The van der Waals surface area contributed by atoms with E-state index in [2.05, 4.69) is 9.80 Å². The lowest BCUT2D eigenvalue weighted by Gasteiger charge is -2.28. The van der Waals surface area contributed by atoms with Gasteiger partial charge in [-0.3, -0.25) is 4.79 Å². The molecule has 0 unspecified atom stereocenters. The van der Waals surface area contributed by atoms with Crippen molar-refractivity contribution < 1.29 is 9.53 Å². The van der Waals surface area contributed by atoms with E-state index in [-0.39, 0.29) is 5.91 Å². The Labute approximate surface area is 139 Å². The van der Waals surface area contributed by atoms with Crippen LogP contribution in [0.3, 0.4) is 0 Å². The van der Waals surface area contributed by atoms with Gasteiger partial charge >= 0.3 is 0 Å². The highest BCUT2D eigenvalue weighted by Gasteiger charge is 2.30. The van der Waals surface area contributed by atoms with Crippen molar-refractivity contribution in [1.82, 2.24) is 9.80 Å². The lowest BCUT2D eigenvalue weighted by molar-refractivity contribution is -0.133. The van der Waals surface area contributed by atoms with Crippen LogP contribution in [0, 0.1) is 0 Å². The van der Waals surface area contributed by atoms with Crippen molar-refractivity contribution in [1.29, 1.82) is 0 Å². The Morgan fingerprint density at radius 3 is 2.65 bits per heavy atom. The summed E-state index contributed by atoms with van der Waals surface area (Å²) < 4.78 is 5.66. The van der Waals surface area contributed by atoms with Crippen LogP contribution >= 0.6 is 0 Å². The molecule has 126 valence electrons. The average Bonchev–Trinajstić information content (AvgIpc) is 3.25. The highest BCUT2D eigenvalue weighted by molar-refractivity contribution is 5.77. The molecule has 0 saturated carbocycles. The predicted octanol–water partition coefficient (Wildman–Crippen LogP) is 2.68. The molecule has 0 spiro atoms. The van der Waals surface area contributed by atoms with Gasteiger partial charge in [-0.1, -0.05) is 30.3 Å². The zero-order chi connectivity index (χ0) is 15.9. The molecule has 1 atom stereocenters. The fourth-order valence-corrected chi connectivity index (χ4v) is 3.68. The van der Waals surface area contributed by atoms with E-state index in [1.165, 1.54) is 25.9 Å². The molecule has 2 aliphatic heterocycles. The van der Waals surface area contributed by atoms with E-state index in [0.717, 1.165) is 31.5 Å². The highest BCUT2D eigenvalue weighted by atomic mass is 16.5. The Morgan fingerprint density at radius 2 is 1.87 bits per heavy atom. The molecule has 2 saturated heterocycles. The molecule has 2 fully saturated rings. The number of ether oxygens (including phenoxy) is 1. The lowest BCUT2D eigenvalue weighted by Crippen LogP contribution is -2.42. The molecule has 0 radical (unpaired) electrons. The van der Waals surface area contributed by atoms with Gasteiger partial charge in [0.1, 0.15) is 0 Å². The van der Waals surface area contributed by atoms with Crippen LogP contribution in [0.2, 0.25) is 0 Å². The summed E-state index contributed by atoms with van der Waals surface area (Å²) in [4.78, 5) is 17.1. The van der Waals surface area contributed by atoms with E-state index in [4.69, 9.17) is 4.74 Å². The summed E-state index contributed by atoms with van der Waals surface area (Å²) in [6, 6.07) is 10.5. The van der Waals surface area contributed by atoms with E-state index in [9.17, 15) is 4.79 Å². The zero-order valence-electron chi connectivity index (χ0n) is 14.0. The molecule has 3 rings (SSSR count). The second kappa shape index (κ2) is 8.46. The topological polar surface area (TPSA) is 32.8 Å². The molecule has 2 heterocycles. The number of benzene rings is 1. The second-order valence-corrected chi connectivity index (χ2v) is 6.68. The second-order valence-electron chi connectivity index (χ2n) is 6.68. The van der Waals surface area contributed by atoms with Crippen molar-refractivity contribution in [2.45, 2.75) is 44.8 Å². The number of carbonyl (C=O) groups excluding carboxylic acids is 1. The molecule has 0 aliphatic carbocycles. The molecule has 4 heteroatoms. The Kier molecular flexibility index (Phi) is 6.06. The van der Waals surface area contributed by atoms with E-state index >= 15 is 0 Å². The summed E-state index contributed by atoms with van der Waals surface area (Å²) in [5, 5.41) is 0. The number of hydrogen-bond donors (Lipinski definition) is 0. The van der Waals surface area contributed by atoms with Gasteiger partial charge in [0.05, 0.1) is 19.6 Å². The minimum absolute atomic E-state index is 0.264. The monoisotopic (exact) mass is 316 g/mol. The quantitative estimate of drug-likeness (QED) is 0.725. The van der Waals surface area contributed by atoms with E-state index in [0.29, 0.717) is 25.7 Å². The summed E-state index contributed by atoms with van der Waals surface area (Å²) in [7, 11) is 0. The minimum Gasteiger partial charge on any atom is -0.376 e. The first kappa shape index (κ1) is 16.5. The third kappa shape index (κ3) is 4.79. The van der Waals surface area contributed by atoms with Crippen molar-refractivity contribution in [2.75, 3.05) is 32.8 Å². The molecule has 2 aliphatic rings. The van der Waals surface area contributed by atoms with Gasteiger partial charge in [-0.25, -0.2) is 0 Å². The van der Waals surface area contributed by atoms with Gasteiger partial charge in [0.15, 0.2) is 0 Å². The fourth-order valence-electron chi connectivity index (χ4n) is 3.68. The minimum atomic E-state index is 0.264. The summed E-state index contributed by atoms with van der Waals surface area (Å²) in [5.41, 5.74) is 1.16. The Balaban J connectivity index is 1.38. The number of amides is 1. The van der Waals surface area contributed by atoms with Gasteiger partial charge in [-0.2, -0.15) is 0 Å². The van der Waals surface area contributed by atoms with Gasteiger partial charge in [-0.05, 0) is 44.3 Å². The van der Waals surface area contributed by atoms with Gasteiger partial charge in [-0.15, -0.1) is 0 Å². The van der Waals surface area contributed by atoms with Crippen LogP contribution in [-0.4, -0.2) is 54.5 Å². The lowest BCUT2D eigenvalue weighted by atomic mass is 10.2. The maximum atomic E-state index is 12.5. The summed E-state index contributed by atoms with van der Waals surface area (Å²) in [5.74, 6) is 0.264. The van der Waals surface area contributed by atoms with Gasteiger partial charge in [0, 0.05) is 19.1 Å². The smallest absolute Gasteiger partial charge is 0.225 e. The van der Waals surface area contributed by atoms with Crippen molar-refractivity contribution in [3.05, 3.63) is 35.9 Å². The molecule has 23 heavy (non-hydrogen) atoms. The van der Waals surface area contributed by atoms with Crippen LogP contribution in [0.25, 0.3) is 0 Å². The molecule has 1 aromatic rings. The number of carbonyl (C=O) groups is 1. The Bertz CT molecular complexity index is 485. The summed E-state index contributed by atoms with van der Waals surface area (Å²) in [6.45, 7) is 5.51. The molecular weight excluding hydrogens is 288 g/mol. The third-order valence-electron chi connectivity index (χ3n) is 4.94. The van der Waals surface area contributed by atoms with Crippen molar-refractivity contribution in [2.24, 2.45) is 0 Å². The zero-order valence-corrected chi connectivity index (χ0v) is 14.0. The van der Waals surface area contributed by atoms with Crippen molar-refractivity contribution >= 4 is 5.91 Å². The van der Waals surface area contributed by atoms with Crippen molar-refractivity contribution in [3.63, 3.8) is 0 Å².